The van der Waals surface area contributed by atoms with Gasteiger partial charge in [0.25, 0.3) is 10.0 Å². The molecule has 6 nitrogen and oxygen atoms in total. The highest BCUT2D eigenvalue weighted by atomic mass is 32.2. The standard InChI is InChI=1S/C11H13FN4O2S/c1-16-7-10(6-14-16)19(17,18)15-11-3-2-9(12)4-8(11)5-13/h2-4,6-7,15H,5,13H2,1H3. The molecule has 1 heterocycles. The van der Waals surface area contributed by atoms with Crippen LogP contribution in [0.25, 0.3) is 0 Å². The fourth-order valence-corrected chi connectivity index (χ4v) is 2.66. The van der Waals surface area contributed by atoms with Crippen LogP contribution in [0.4, 0.5) is 10.1 Å². The van der Waals surface area contributed by atoms with E-state index in [-0.39, 0.29) is 17.1 Å². The number of rotatable bonds is 4. The van der Waals surface area contributed by atoms with Crippen molar-refractivity contribution < 1.29 is 12.8 Å². The van der Waals surface area contributed by atoms with E-state index in [0.29, 0.717) is 5.56 Å². The second-order valence-corrected chi connectivity index (χ2v) is 5.64. The zero-order chi connectivity index (χ0) is 14.0. The minimum Gasteiger partial charge on any atom is -0.326 e. The monoisotopic (exact) mass is 284 g/mol. The first-order valence-electron chi connectivity index (χ1n) is 5.42. The Bertz CT molecular complexity index is 696. The first-order chi connectivity index (χ1) is 8.92. The van der Waals surface area contributed by atoms with E-state index < -0.39 is 15.8 Å². The Kier molecular flexibility index (Phi) is 3.54. The summed E-state index contributed by atoms with van der Waals surface area (Å²) in [6.07, 6.45) is 2.60. The highest BCUT2D eigenvalue weighted by molar-refractivity contribution is 7.92. The van der Waals surface area contributed by atoms with Crippen LogP contribution in [0.2, 0.25) is 0 Å². The van der Waals surface area contributed by atoms with Gasteiger partial charge in [-0.05, 0) is 23.8 Å². The largest absolute Gasteiger partial charge is 0.326 e. The number of anilines is 1. The van der Waals surface area contributed by atoms with Crippen molar-refractivity contribution in [3.8, 4) is 0 Å². The van der Waals surface area contributed by atoms with Gasteiger partial charge in [-0.25, -0.2) is 12.8 Å². The molecule has 2 rings (SSSR count). The van der Waals surface area contributed by atoms with Crippen LogP contribution in [0.5, 0.6) is 0 Å². The Morgan fingerprint density at radius 3 is 2.79 bits per heavy atom. The fourth-order valence-electron chi connectivity index (χ4n) is 1.57. The fraction of sp³-hybridized carbons (Fsp3) is 0.182. The average Bonchev–Trinajstić information content (AvgIpc) is 2.79. The van der Waals surface area contributed by atoms with E-state index >= 15 is 0 Å². The summed E-state index contributed by atoms with van der Waals surface area (Å²) in [5.41, 5.74) is 6.10. The maximum absolute atomic E-state index is 13.0. The molecule has 0 unspecified atom stereocenters. The Morgan fingerprint density at radius 2 is 2.21 bits per heavy atom. The van der Waals surface area contributed by atoms with Gasteiger partial charge in [0, 0.05) is 19.8 Å². The molecule has 0 bridgehead atoms. The summed E-state index contributed by atoms with van der Waals surface area (Å²) in [5.74, 6) is -0.468. The first-order valence-corrected chi connectivity index (χ1v) is 6.90. The molecule has 1 aromatic heterocycles. The molecule has 0 atom stereocenters. The summed E-state index contributed by atoms with van der Waals surface area (Å²) in [4.78, 5) is 0.0299. The molecule has 0 amide bonds. The van der Waals surface area contributed by atoms with Gasteiger partial charge in [0.05, 0.1) is 11.9 Å². The molecule has 3 N–H and O–H groups in total. The molecule has 0 saturated carbocycles. The summed E-state index contributed by atoms with van der Waals surface area (Å²) < 4.78 is 40.9. The van der Waals surface area contributed by atoms with E-state index in [4.69, 9.17) is 5.73 Å². The lowest BCUT2D eigenvalue weighted by Crippen LogP contribution is -2.14. The first kappa shape index (κ1) is 13.5. The zero-order valence-corrected chi connectivity index (χ0v) is 11.0. The molecule has 0 fully saturated rings. The van der Waals surface area contributed by atoms with Gasteiger partial charge in [0.15, 0.2) is 0 Å². The van der Waals surface area contributed by atoms with Gasteiger partial charge in [-0.2, -0.15) is 5.10 Å². The van der Waals surface area contributed by atoms with E-state index in [9.17, 15) is 12.8 Å². The number of aromatic nitrogens is 2. The molecule has 0 aliphatic heterocycles. The van der Waals surface area contributed by atoms with Crippen LogP contribution >= 0.6 is 0 Å². The van der Waals surface area contributed by atoms with Gasteiger partial charge < -0.3 is 5.73 Å². The van der Waals surface area contributed by atoms with Crippen molar-refractivity contribution >= 4 is 15.7 Å². The third-order valence-electron chi connectivity index (χ3n) is 2.52. The predicted molar refractivity (Wildman–Crippen MR) is 68.3 cm³/mol. The molecule has 0 radical (unpaired) electrons. The molecule has 0 aliphatic carbocycles. The Hall–Kier alpha value is -1.93. The van der Waals surface area contributed by atoms with Gasteiger partial charge in [0.1, 0.15) is 10.7 Å². The Morgan fingerprint density at radius 1 is 1.47 bits per heavy atom. The van der Waals surface area contributed by atoms with Gasteiger partial charge >= 0.3 is 0 Å². The summed E-state index contributed by atoms with van der Waals surface area (Å²) in [6.45, 7) is 0.0304. The van der Waals surface area contributed by atoms with Crippen molar-refractivity contribution in [1.29, 1.82) is 0 Å². The van der Waals surface area contributed by atoms with Crippen molar-refractivity contribution in [2.75, 3.05) is 4.72 Å². The average molecular weight is 284 g/mol. The summed E-state index contributed by atoms with van der Waals surface area (Å²) >= 11 is 0. The van der Waals surface area contributed by atoms with E-state index in [1.54, 1.807) is 7.05 Å². The molecular formula is C11H13FN4O2S. The smallest absolute Gasteiger partial charge is 0.265 e. The molecule has 0 saturated heterocycles. The van der Waals surface area contributed by atoms with Crippen molar-refractivity contribution in [3.05, 3.63) is 42.0 Å². The molecule has 102 valence electrons. The molecule has 1 aromatic carbocycles. The normalized spacial score (nSPS) is 11.5. The molecule has 2 aromatic rings. The van der Waals surface area contributed by atoms with Crippen LogP contribution < -0.4 is 10.5 Å². The lowest BCUT2D eigenvalue weighted by molar-refractivity contribution is 0.600. The van der Waals surface area contributed by atoms with Crippen molar-refractivity contribution in [1.82, 2.24) is 9.78 Å². The number of hydrogen-bond acceptors (Lipinski definition) is 4. The van der Waals surface area contributed by atoms with Crippen LogP contribution in [0.1, 0.15) is 5.56 Å². The highest BCUT2D eigenvalue weighted by Gasteiger charge is 2.17. The summed E-state index contributed by atoms with van der Waals surface area (Å²) in [7, 11) is -2.14. The van der Waals surface area contributed by atoms with E-state index in [1.165, 1.54) is 35.3 Å². The van der Waals surface area contributed by atoms with Gasteiger partial charge in [-0.3, -0.25) is 9.40 Å². The van der Waals surface area contributed by atoms with Crippen LogP contribution in [-0.4, -0.2) is 18.2 Å². The van der Waals surface area contributed by atoms with Gasteiger partial charge in [0.2, 0.25) is 0 Å². The number of aryl methyl sites for hydroxylation is 1. The third-order valence-corrected chi connectivity index (χ3v) is 3.84. The van der Waals surface area contributed by atoms with Crippen molar-refractivity contribution in [2.24, 2.45) is 12.8 Å². The maximum Gasteiger partial charge on any atom is 0.265 e. The van der Waals surface area contributed by atoms with E-state index in [0.717, 1.165) is 0 Å². The lowest BCUT2D eigenvalue weighted by atomic mass is 10.2. The SMILES string of the molecule is Cn1cc(S(=O)(=O)Nc2ccc(F)cc2CN)cn1. The summed E-state index contributed by atoms with van der Waals surface area (Å²) in [6, 6.07) is 3.70. The highest BCUT2D eigenvalue weighted by Crippen LogP contribution is 2.20. The number of nitrogens with one attached hydrogen (secondary N) is 1. The van der Waals surface area contributed by atoms with Crippen molar-refractivity contribution in [3.63, 3.8) is 0 Å². The molecule has 0 aliphatic rings. The second kappa shape index (κ2) is 4.98. The maximum atomic E-state index is 13.0. The van der Waals surface area contributed by atoms with Crippen molar-refractivity contribution in [2.45, 2.75) is 11.4 Å². The minimum atomic E-state index is -3.75. The molecular weight excluding hydrogens is 271 g/mol. The number of halogens is 1. The number of benzene rings is 1. The zero-order valence-electron chi connectivity index (χ0n) is 10.2. The van der Waals surface area contributed by atoms with Crippen LogP contribution in [-0.2, 0) is 23.6 Å². The lowest BCUT2D eigenvalue weighted by Gasteiger charge is -2.10. The Labute approximate surface area is 110 Å². The minimum absolute atomic E-state index is 0.0299. The second-order valence-electron chi connectivity index (χ2n) is 3.96. The number of sulfonamides is 1. The molecule has 19 heavy (non-hydrogen) atoms. The predicted octanol–water partition coefficient (Wildman–Crippen LogP) is 0.819. The molecule has 0 spiro atoms. The Balaban J connectivity index is 2.35. The number of nitrogens with zero attached hydrogens (tertiary/aromatic N) is 2. The van der Waals surface area contributed by atoms with Gasteiger partial charge in [-0.15, -0.1) is 0 Å². The summed E-state index contributed by atoms with van der Waals surface area (Å²) in [5, 5.41) is 3.79. The van der Waals surface area contributed by atoms with E-state index in [1.807, 2.05) is 0 Å². The molecule has 8 heteroatoms. The van der Waals surface area contributed by atoms with Crippen LogP contribution in [0.3, 0.4) is 0 Å². The topological polar surface area (TPSA) is 90.0 Å². The van der Waals surface area contributed by atoms with Crippen LogP contribution in [0, 0.1) is 5.82 Å². The van der Waals surface area contributed by atoms with Crippen LogP contribution in [0.15, 0.2) is 35.5 Å². The van der Waals surface area contributed by atoms with E-state index in [2.05, 4.69) is 9.82 Å². The quantitative estimate of drug-likeness (QED) is 0.869. The van der Waals surface area contributed by atoms with Gasteiger partial charge in [-0.1, -0.05) is 0 Å². The number of nitrogens with two attached hydrogens (primary N) is 1. The third kappa shape index (κ3) is 2.91. The number of hydrogen-bond donors (Lipinski definition) is 2.